The van der Waals surface area contributed by atoms with Crippen LogP contribution in [-0.4, -0.2) is 21.9 Å². The molecule has 2 aliphatic heterocycles. The van der Waals surface area contributed by atoms with Gasteiger partial charge < -0.3 is 9.47 Å². The molecular weight excluding hydrogens is 492 g/mol. The quantitative estimate of drug-likeness (QED) is 0.250. The number of hydrogen-bond donors (Lipinski definition) is 0. The maximum atomic E-state index is 12.9. The second kappa shape index (κ2) is 7.36. The summed E-state index contributed by atoms with van der Waals surface area (Å²) in [5.74, 6) is 0.285. The number of thioether (sulfide) groups is 1. The van der Waals surface area contributed by atoms with E-state index in [1.807, 2.05) is 0 Å². The number of benzene rings is 2. The Balaban J connectivity index is 1.74. The van der Waals surface area contributed by atoms with E-state index in [9.17, 15) is 14.9 Å². The van der Waals surface area contributed by atoms with Crippen LogP contribution in [0.25, 0.3) is 6.08 Å². The van der Waals surface area contributed by atoms with Crippen molar-refractivity contribution in [1.29, 1.82) is 0 Å². The first kappa shape index (κ1) is 19.2. The Morgan fingerprint density at radius 3 is 2.68 bits per heavy atom. The number of rotatable bonds is 3. The highest BCUT2D eigenvalue weighted by molar-refractivity contribution is 9.10. The summed E-state index contributed by atoms with van der Waals surface area (Å²) in [6, 6.07) is 7.78. The van der Waals surface area contributed by atoms with Gasteiger partial charge in [-0.05, 0) is 46.3 Å². The summed E-state index contributed by atoms with van der Waals surface area (Å²) in [5, 5.41) is 11.9. The lowest BCUT2D eigenvalue weighted by Crippen LogP contribution is -2.27. The predicted octanol–water partition coefficient (Wildman–Crippen LogP) is 5.15. The van der Waals surface area contributed by atoms with Crippen molar-refractivity contribution in [2.24, 2.45) is 0 Å². The van der Waals surface area contributed by atoms with Gasteiger partial charge in [0, 0.05) is 4.47 Å². The number of fused-ring (bicyclic) bond motifs is 1. The van der Waals surface area contributed by atoms with Crippen LogP contribution in [0.15, 0.2) is 39.7 Å². The molecule has 0 atom stereocenters. The molecule has 7 nitrogen and oxygen atoms in total. The minimum Gasteiger partial charge on any atom is -0.454 e. The van der Waals surface area contributed by atoms with Gasteiger partial charge in [-0.3, -0.25) is 19.8 Å². The minimum absolute atomic E-state index is 0.0115. The summed E-state index contributed by atoms with van der Waals surface area (Å²) in [7, 11) is 0. The molecule has 28 heavy (non-hydrogen) atoms. The number of nitrogens with zero attached hydrogens (tertiary/aromatic N) is 2. The van der Waals surface area contributed by atoms with Crippen LogP contribution in [-0.2, 0) is 4.79 Å². The Hall–Kier alpha value is -2.14. The predicted molar refractivity (Wildman–Crippen MR) is 114 cm³/mol. The number of anilines is 1. The van der Waals surface area contributed by atoms with Gasteiger partial charge in [0.25, 0.3) is 11.6 Å². The topological polar surface area (TPSA) is 81.9 Å². The fourth-order valence-electron chi connectivity index (χ4n) is 2.68. The number of hydrogen-bond acceptors (Lipinski definition) is 7. The van der Waals surface area contributed by atoms with Crippen LogP contribution < -0.4 is 14.4 Å². The minimum atomic E-state index is -0.539. The van der Waals surface area contributed by atoms with Gasteiger partial charge in [-0.25, -0.2) is 0 Å². The zero-order valence-corrected chi connectivity index (χ0v) is 17.7. The van der Waals surface area contributed by atoms with Crippen LogP contribution in [0.3, 0.4) is 0 Å². The summed E-state index contributed by atoms with van der Waals surface area (Å²) < 4.78 is 11.5. The van der Waals surface area contributed by atoms with Crippen molar-refractivity contribution < 1.29 is 19.2 Å². The molecule has 2 aromatic rings. The van der Waals surface area contributed by atoms with E-state index in [4.69, 9.17) is 33.3 Å². The van der Waals surface area contributed by atoms with E-state index in [1.54, 1.807) is 18.2 Å². The smallest absolute Gasteiger partial charge is 0.280 e. The first-order chi connectivity index (χ1) is 13.3. The average molecular weight is 500 g/mol. The lowest BCUT2D eigenvalue weighted by atomic mass is 10.1. The Morgan fingerprint density at radius 1 is 1.29 bits per heavy atom. The summed E-state index contributed by atoms with van der Waals surface area (Å²) in [4.78, 5) is 25.4. The van der Waals surface area contributed by atoms with Crippen LogP contribution >= 0.6 is 51.5 Å². The molecule has 1 fully saturated rings. The van der Waals surface area contributed by atoms with E-state index in [2.05, 4.69) is 15.9 Å². The van der Waals surface area contributed by atoms with E-state index >= 15 is 0 Å². The van der Waals surface area contributed by atoms with Crippen molar-refractivity contribution in [3.63, 3.8) is 0 Å². The molecule has 2 aromatic carbocycles. The second-order valence-corrected chi connectivity index (χ2v) is 8.57. The monoisotopic (exact) mass is 498 g/mol. The van der Waals surface area contributed by atoms with Crippen molar-refractivity contribution >= 4 is 79.2 Å². The van der Waals surface area contributed by atoms with Gasteiger partial charge in [0.15, 0.2) is 15.8 Å². The van der Waals surface area contributed by atoms with Gasteiger partial charge in [-0.1, -0.05) is 35.6 Å². The van der Waals surface area contributed by atoms with Crippen LogP contribution in [0.2, 0.25) is 5.02 Å². The number of thiocarbonyl (C=S) groups is 1. The number of carbonyl (C=O) groups excluding carboxylic acids is 1. The molecule has 0 N–H and O–H groups in total. The number of halogens is 2. The van der Waals surface area contributed by atoms with Crippen molar-refractivity contribution in [3.8, 4) is 11.5 Å². The third-order valence-electron chi connectivity index (χ3n) is 3.96. The first-order valence-corrected chi connectivity index (χ1v) is 10.1. The average Bonchev–Trinajstić information content (AvgIpc) is 3.21. The lowest BCUT2D eigenvalue weighted by molar-refractivity contribution is -0.385. The molecule has 1 amide bonds. The fourth-order valence-corrected chi connectivity index (χ4v) is 4.39. The highest BCUT2D eigenvalue weighted by Crippen LogP contribution is 2.42. The molecule has 0 saturated carbocycles. The molecule has 11 heteroatoms. The van der Waals surface area contributed by atoms with Gasteiger partial charge in [-0.15, -0.1) is 0 Å². The largest absolute Gasteiger partial charge is 0.454 e. The van der Waals surface area contributed by atoms with E-state index in [0.717, 1.165) is 11.8 Å². The molecule has 4 rings (SSSR count). The van der Waals surface area contributed by atoms with Gasteiger partial charge in [-0.2, -0.15) is 0 Å². The van der Waals surface area contributed by atoms with Gasteiger partial charge in [0.1, 0.15) is 0 Å². The van der Waals surface area contributed by atoms with Gasteiger partial charge in [0.2, 0.25) is 6.79 Å². The third kappa shape index (κ3) is 3.37. The van der Waals surface area contributed by atoms with E-state index in [1.165, 1.54) is 23.1 Å². The molecule has 0 bridgehead atoms. The number of ether oxygens (including phenoxy) is 2. The number of nitro benzene ring substituents is 1. The Bertz CT molecular complexity index is 1090. The normalized spacial score (nSPS) is 16.9. The Kier molecular flexibility index (Phi) is 5.04. The molecule has 2 heterocycles. The highest BCUT2D eigenvalue weighted by Gasteiger charge is 2.34. The molecule has 0 unspecified atom stereocenters. The maximum absolute atomic E-state index is 12.9. The Labute approximate surface area is 181 Å². The van der Waals surface area contributed by atoms with Crippen LogP contribution in [0.4, 0.5) is 11.4 Å². The van der Waals surface area contributed by atoms with E-state index < -0.39 is 4.92 Å². The molecule has 142 valence electrons. The summed E-state index contributed by atoms with van der Waals surface area (Å²) in [5.41, 5.74) is 0.545. The van der Waals surface area contributed by atoms with Crippen LogP contribution in [0.5, 0.6) is 11.5 Å². The third-order valence-corrected chi connectivity index (χ3v) is 6.49. The van der Waals surface area contributed by atoms with Gasteiger partial charge in [0.05, 0.1) is 32.2 Å². The van der Waals surface area contributed by atoms with Crippen molar-refractivity contribution in [1.82, 2.24) is 0 Å². The summed E-state index contributed by atoms with van der Waals surface area (Å²) >= 11 is 15.8. The molecule has 0 spiro atoms. The number of nitro groups is 1. The lowest BCUT2D eigenvalue weighted by Gasteiger charge is -2.15. The number of carbonyl (C=O) groups is 1. The second-order valence-electron chi connectivity index (χ2n) is 5.64. The standard InChI is InChI=1S/C17H8BrClN2O5S2/c18-10-2-1-9(5-11(10)19)20-16(22)15(28-17(20)27)4-8-3-13-14(26-7-25-13)6-12(8)21(23)24/h1-6H,7H2/b15-4-. The number of amides is 1. The van der Waals surface area contributed by atoms with E-state index in [0.29, 0.717) is 31.0 Å². The fraction of sp³-hybridized carbons (Fsp3) is 0.0588. The van der Waals surface area contributed by atoms with E-state index in [-0.39, 0.29) is 28.9 Å². The van der Waals surface area contributed by atoms with Gasteiger partial charge >= 0.3 is 0 Å². The molecular formula is C17H8BrClN2O5S2. The highest BCUT2D eigenvalue weighted by atomic mass is 79.9. The molecule has 2 aliphatic rings. The zero-order chi connectivity index (χ0) is 20.0. The molecule has 0 aliphatic carbocycles. The first-order valence-electron chi connectivity index (χ1n) is 7.66. The SMILES string of the molecule is O=C1/C(=C/c2cc3c(cc2[N+](=O)[O-])OCO3)SC(=S)N1c1ccc(Br)c(Cl)c1. The zero-order valence-electron chi connectivity index (χ0n) is 13.7. The molecule has 0 radical (unpaired) electrons. The molecule has 0 aromatic heterocycles. The van der Waals surface area contributed by atoms with Crippen molar-refractivity contribution in [3.05, 3.63) is 60.4 Å². The maximum Gasteiger partial charge on any atom is 0.280 e. The van der Waals surface area contributed by atoms with Crippen LogP contribution in [0, 0.1) is 10.1 Å². The van der Waals surface area contributed by atoms with Crippen molar-refractivity contribution in [2.75, 3.05) is 11.7 Å². The summed E-state index contributed by atoms with van der Waals surface area (Å²) in [6.07, 6.45) is 1.43. The molecule has 1 saturated heterocycles. The van der Waals surface area contributed by atoms with Crippen molar-refractivity contribution in [2.45, 2.75) is 0 Å². The van der Waals surface area contributed by atoms with Crippen LogP contribution in [0.1, 0.15) is 5.56 Å². The Morgan fingerprint density at radius 2 is 2.00 bits per heavy atom. The summed E-state index contributed by atoms with van der Waals surface area (Å²) in [6.45, 7) is -0.0115.